The van der Waals surface area contributed by atoms with Gasteiger partial charge < -0.3 is 19.5 Å². The molecule has 2 aromatic rings. The summed E-state index contributed by atoms with van der Waals surface area (Å²) in [7, 11) is 2.13. The van der Waals surface area contributed by atoms with Crippen LogP contribution >= 0.6 is 0 Å². The summed E-state index contributed by atoms with van der Waals surface area (Å²) < 4.78 is 1.84. The van der Waals surface area contributed by atoms with Gasteiger partial charge in [-0.15, -0.1) is 0 Å². The molecule has 1 atom stereocenters. The van der Waals surface area contributed by atoms with E-state index in [0.717, 1.165) is 30.8 Å². The first-order chi connectivity index (χ1) is 11.4. The van der Waals surface area contributed by atoms with Gasteiger partial charge in [-0.05, 0) is 39.1 Å². The first kappa shape index (κ1) is 16.5. The van der Waals surface area contributed by atoms with E-state index in [0.29, 0.717) is 18.0 Å². The van der Waals surface area contributed by atoms with Crippen molar-refractivity contribution >= 4 is 22.6 Å². The van der Waals surface area contributed by atoms with Crippen LogP contribution in [0.3, 0.4) is 0 Å². The normalized spacial score (nSPS) is 19.0. The number of carbonyl (C=O) groups is 1. The minimum Gasteiger partial charge on any atom is -0.477 e. The molecule has 0 bridgehead atoms. The lowest BCUT2D eigenvalue weighted by atomic mass is 10.1. The van der Waals surface area contributed by atoms with Crippen LogP contribution < -0.4 is 10.3 Å². The largest absolute Gasteiger partial charge is 0.477 e. The van der Waals surface area contributed by atoms with Crippen molar-refractivity contribution in [3.8, 4) is 0 Å². The van der Waals surface area contributed by atoms with E-state index in [9.17, 15) is 14.7 Å². The Bertz CT molecular complexity index is 843. The second-order valence-corrected chi connectivity index (χ2v) is 6.44. The molecule has 1 aliphatic heterocycles. The number of piperazine rings is 1. The number of aryl methyl sites for hydroxylation is 1. The van der Waals surface area contributed by atoms with Crippen molar-refractivity contribution in [1.29, 1.82) is 0 Å². The van der Waals surface area contributed by atoms with E-state index in [-0.39, 0.29) is 5.56 Å². The summed E-state index contributed by atoms with van der Waals surface area (Å²) in [5.74, 6) is -1.18. The van der Waals surface area contributed by atoms with Gasteiger partial charge in [-0.25, -0.2) is 4.79 Å². The Morgan fingerprint density at radius 3 is 2.71 bits per heavy atom. The number of carboxylic acids is 1. The van der Waals surface area contributed by atoms with Gasteiger partial charge in [0.2, 0.25) is 5.43 Å². The van der Waals surface area contributed by atoms with E-state index < -0.39 is 11.4 Å². The summed E-state index contributed by atoms with van der Waals surface area (Å²) in [4.78, 5) is 28.3. The van der Waals surface area contributed by atoms with Crippen LogP contribution in [0.1, 0.15) is 24.2 Å². The maximum atomic E-state index is 12.4. The molecule has 128 valence electrons. The third kappa shape index (κ3) is 2.78. The SMILES string of the molecule is CCn1cc(C(=O)O)c(=O)c2ccc(N3CCN(C)C(C)C3)cc21. The van der Waals surface area contributed by atoms with Gasteiger partial charge in [-0.3, -0.25) is 4.79 Å². The maximum Gasteiger partial charge on any atom is 0.341 e. The number of aromatic carboxylic acids is 1. The van der Waals surface area contributed by atoms with Crippen LogP contribution in [0, 0.1) is 0 Å². The summed E-state index contributed by atoms with van der Waals surface area (Å²) in [6.07, 6.45) is 1.45. The topological polar surface area (TPSA) is 65.8 Å². The third-order valence-electron chi connectivity index (χ3n) is 4.96. The van der Waals surface area contributed by atoms with E-state index in [1.807, 2.05) is 23.6 Å². The Hall–Kier alpha value is -2.34. The highest BCUT2D eigenvalue weighted by Crippen LogP contribution is 2.23. The number of nitrogens with zero attached hydrogens (tertiary/aromatic N) is 3. The molecular formula is C18H23N3O3. The van der Waals surface area contributed by atoms with Crippen molar-refractivity contribution in [1.82, 2.24) is 9.47 Å². The number of carboxylic acid groups (broad SMARTS) is 1. The fourth-order valence-electron chi connectivity index (χ4n) is 3.27. The van der Waals surface area contributed by atoms with E-state index in [1.165, 1.54) is 6.20 Å². The van der Waals surface area contributed by atoms with Gasteiger partial charge in [0.1, 0.15) is 5.56 Å². The molecule has 6 heteroatoms. The molecular weight excluding hydrogens is 306 g/mol. The predicted octanol–water partition coefficient (Wildman–Crippen LogP) is 1.86. The van der Waals surface area contributed by atoms with Gasteiger partial charge in [0, 0.05) is 49.5 Å². The second-order valence-electron chi connectivity index (χ2n) is 6.44. The first-order valence-corrected chi connectivity index (χ1v) is 8.28. The summed E-state index contributed by atoms with van der Waals surface area (Å²) in [5.41, 5.74) is 1.27. The molecule has 1 fully saturated rings. The molecule has 0 saturated carbocycles. The number of fused-ring (bicyclic) bond motifs is 1. The Kier molecular flexibility index (Phi) is 4.32. The first-order valence-electron chi connectivity index (χ1n) is 8.28. The Morgan fingerprint density at radius 1 is 1.33 bits per heavy atom. The van der Waals surface area contributed by atoms with Crippen LogP contribution in [0.4, 0.5) is 5.69 Å². The van der Waals surface area contributed by atoms with E-state index in [1.54, 1.807) is 6.07 Å². The van der Waals surface area contributed by atoms with Crippen molar-refractivity contribution in [3.05, 3.63) is 40.2 Å². The molecule has 0 radical (unpaired) electrons. The van der Waals surface area contributed by atoms with Gasteiger partial charge in [0.15, 0.2) is 0 Å². The standard InChI is InChI=1S/C18H23N3O3/c1-4-20-11-15(18(23)24)17(22)14-6-5-13(9-16(14)20)21-8-7-19(3)12(2)10-21/h5-6,9,11-12H,4,7-8,10H2,1-3H3,(H,23,24). The minimum absolute atomic E-state index is 0.176. The molecule has 1 unspecified atom stereocenters. The van der Waals surface area contributed by atoms with Crippen LogP contribution in [0.2, 0.25) is 0 Å². The quantitative estimate of drug-likeness (QED) is 0.931. The molecule has 1 aromatic heterocycles. The third-order valence-corrected chi connectivity index (χ3v) is 4.96. The van der Waals surface area contributed by atoms with Gasteiger partial charge in [0.25, 0.3) is 0 Å². The van der Waals surface area contributed by atoms with Crippen molar-refractivity contribution in [2.75, 3.05) is 31.6 Å². The van der Waals surface area contributed by atoms with Crippen LogP contribution in [0.5, 0.6) is 0 Å². The predicted molar refractivity (Wildman–Crippen MR) is 95.1 cm³/mol. The molecule has 0 spiro atoms. The molecule has 1 saturated heterocycles. The van der Waals surface area contributed by atoms with Gasteiger partial charge in [-0.1, -0.05) is 0 Å². The van der Waals surface area contributed by atoms with Crippen LogP contribution in [-0.4, -0.2) is 53.3 Å². The molecule has 24 heavy (non-hydrogen) atoms. The zero-order chi connectivity index (χ0) is 17.4. The zero-order valence-electron chi connectivity index (χ0n) is 14.3. The fraction of sp³-hybridized carbons (Fsp3) is 0.444. The van der Waals surface area contributed by atoms with Gasteiger partial charge >= 0.3 is 5.97 Å². The van der Waals surface area contributed by atoms with Crippen LogP contribution in [0.15, 0.2) is 29.2 Å². The van der Waals surface area contributed by atoms with E-state index in [4.69, 9.17) is 0 Å². The van der Waals surface area contributed by atoms with Crippen molar-refractivity contribution in [2.45, 2.75) is 26.4 Å². The average Bonchev–Trinajstić information content (AvgIpc) is 2.57. The number of hydrogen-bond acceptors (Lipinski definition) is 4. The molecule has 1 N–H and O–H groups in total. The smallest absolute Gasteiger partial charge is 0.341 e. The lowest BCUT2D eigenvalue weighted by Crippen LogP contribution is -2.50. The number of aromatic nitrogens is 1. The molecule has 3 rings (SSSR count). The number of pyridine rings is 1. The monoisotopic (exact) mass is 329 g/mol. The van der Waals surface area contributed by atoms with E-state index in [2.05, 4.69) is 23.8 Å². The number of benzene rings is 1. The van der Waals surface area contributed by atoms with Gasteiger partial charge in [0.05, 0.1) is 5.52 Å². The Labute approximate surface area is 140 Å². The van der Waals surface area contributed by atoms with Crippen molar-refractivity contribution in [3.63, 3.8) is 0 Å². The highest BCUT2D eigenvalue weighted by Gasteiger charge is 2.22. The highest BCUT2D eigenvalue weighted by molar-refractivity contribution is 5.93. The fourth-order valence-corrected chi connectivity index (χ4v) is 3.27. The average molecular weight is 329 g/mol. The molecule has 1 aromatic carbocycles. The van der Waals surface area contributed by atoms with Gasteiger partial charge in [-0.2, -0.15) is 0 Å². The number of hydrogen-bond donors (Lipinski definition) is 1. The van der Waals surface area contributed by atoms with Crippen molar-refractivity contribution < 1.29 is 9.90 Å². The van der Waals surface area contributed by atoms with Crippen LogP contribution in [-0.2, 0) is 6.54 Å². The molecule has 0 amide bonds. The van der Waals surface area contributed by atoms with Crippen LogP contribution in [0.25, 0.3) is 10.9 Å². The molecule has 6 nitrogen and oxygen atoms in total. The summed E-state index contributed by atoms with van der Waals surface area (Å²) >= 11 is 0. The Morgan fingerprint density at radius 2 is 2.08 bits per heavy atom. The summed E-state index contributed by atoms with van der Waals surface area (Å²) in [5, 5.41) is 9.69. The maximum absolute atomic E-state index is 12.4. The number of anilines is 1. The lowest BCUT2D eigenvalue weighted by Gasteiger charge is -2.39. The molecule has 0 aliphatic carbocycles. The Balaban J connectivity index is 2.10. The zero-order valence-corrected chi connectivity index (χ0v) is 14.3. The lowest BCUT2D eigenvalue weighted by molar-refractivity contribution is 0.0695. The summed E-state index contributed by atoms with van der Waals surface area (Å²) in [6, 6.07) is 6.16. The van der Waals surface area contributed by atoms with Crippen molar-refractivity contribution in [2.24, 2.45) is 0 Å². The number of rotatable bonds is 3. The summed E-state index contributed by atoms with van der Waals surface area (Å²) in [6.45, 7) is 7.63. The molecule has 1 aliphatic rings. The second kappa shape index (κ2) is 6.28. The van der Waals surface area contributed by atoms with E-state index >= 15 is 0 Å². The highest BCUT2D eigenvalue weighted by atomic mass is 16.4. The molecule has 2 heterocycles. The minimum atomic E-state index is -1.18. The number of likely N-dealkylation sites (N-methyl/N-ethyl adjacent to an activating group) is 1.